The molecule has 0 spiro atoms. The number of aliphatic hydroxyl groups is 1. The first-order valence-corrected chi connectivity index (χ1v) is 8.32. The fourth-order valence-corrected chi connectivity index (χ4v) is 2.49. The minimum absolute atomic E-state index is 0.116. The van der Waals surface area contributed by atoms with Crippen LogP contribution in [-0.4, -0.2) is 29.1 Å². The Kier molecular flexibility index (Phi) is 7.34. The van der Waals surface area contributed by atoms with Gasteiger partial charge in [0.05, 0.1) is 0 Å². The van der Waals surface area contributed by atoms with Gasteiger partial charge in [-0.1, -0.05) is 60.7 Å². The van der Waals surface area contributed by atoms with Crippen molar-refractivity contribution in [2.75, 3.05) is 13.2 Å². The summed E-state index contributed by atoms with van der Waals surface area (Å²) in [6, 6.07) is 20.1. The van der Waals surface area contributed by atoms with E-state index in [-0.39, 0.29) is 12.4 Å². The topological polar surface area (TPSA) is 77.9 Å². The average Bonchev–Trinajstić information content (AvgIpc) is 2.63. The van der Waals surface area contributed by atoms with E-state index in [9.17, 15) is 9.90 Å². The highest BCUT2D eigenvalue weighted by Gasteiger charge is 2.28. The van der Waals surface area contributed by atoms with Gasteiger partial charge in [-0.05, 0) is 11.1 Å². The molecule has 2 rings (SSSR count). The summed E-state index contributed by atoms with van der Waals surface area (Å²) in [6.07, 6.45) is 0. The standard InChI is InChI=1S/C20H21N3O3/c1-16(24)19(22-21)20(25)26-13-12-23(14-17-8-4-2-5-9-17)15-18-10-6-3-7-11-18/h2-11H,12-15H2,1H3/p+1. The summed E-state index contributed by atoms with van der Waals surface area (Å²) in [7, 11) is 0. The first-order chi connectivity index (χ1) is 12.6. The number of carbonyl (C=O) groups is 1. The summed E-state index contributed by atoms with van der Waals surface area (Å²) in [5.74, 6) is -1.24. The molecular formula is C20H22N3O3+. The fraction of sp³-hybridized carbons (Fsp3) is 0.250. The highest BCUT2D eigenvalue weighted by Crippen LogP contribution is 2.11. The molecule has 0 aliphatic heterocycles. The van der Waals surface area contributed by atoms with E-state index in [4.69, 9.17) is 10.1 Å². The third kappa shape index (κ3) is 6.04. The molecular weight excluding hydrogens is 330 g/mol. The number of aliphatic hydroxyl groups excluding tert-OH is 1. The first-order valence-electron chi connectivity index (χ1n) is 8.32. The third-order valence-corrected chi connectivity index (χ3v) is 3.77. The van der Waals surface area contributed by atoms with Gasteiger partial charge in [-0.15, -0.1) is 0 Å². The summed E-state index contributed by atoms with van der Waals surface area (Å²) < 4.78 is 5.11. The SMILES string of the molecule is C/C(O)=C(\[N+]#N)C(=O)OCCN(Cc1ccccc1)Cc1ccccc1. The normalized spacial score (nSPS) is 11.6. The van der Waals surface area contributed by atoms with Crippen molar-refractivity contribution in [3.8, 4) is 0 Å². The van der Waals surface area contributed by atoms with Crippen molar-refractivity contribution in [3.63, 3.8) is 0 Å². The average molecular weight is 352 g/mol. The Morgan fingerprint density at radius 3 is 1.96 bits per heavy atom. The smallest absolute Gasteiger partial charge is 0.504 e. The van der Waals surface area contributed by atoms with Crippen LogP contribution >= 0.6 is 0 Å². The molecule has 0 saturated heterocycles. The van der Waals surface area contributed by atoms with E-state index in [0.29, 0.717) is 19.6 Å². The van der Waals surface area contributed by atoms with E-state index in [2.05, 4.69) is 9.88 Å². The molecule has 0 aliphatic carbocycles. The fourth-order valence-electron chi connectivity index (χ4n) is 2.49. The largest absolute Gasteiger partial charge is 0.505 e. The maximum absolute atomic E-state index is 11.8. The lowest BCUT2D eigenvalue weighted by Crippen LogP contribution is -2.28. The van der Waals surface area contributed by atoms with Crippen LogP contribution in [0.2, 0.25) is 0 Å². The molecule has 0 heterocycles. The molecule has 6 nitrogen and oxygen atoms in total. The number of rotatable bonds is 8. The summed E-state index contributed by atoms with van der Waals surface area (Å²) in [4.78, 5) is 16.7. The van der Waals surface area contributed by atoms with Crippen LogP contribution in [0.5, 0.6) is 0 Å². The Hall–Kier alpha value is -3.17. The number of carbonyl (C=O) groups excluding carboxylic acids is 1. The number of allylic oxidation sites excluding steroid dienone is 1. The van der Waals surface area contributed by atoms with Gasteiger partial charge in [0.2, 0.25) is 5.39 Å². The van der Waals surface area contributed by atoms with Crippen LogP contribution in [0.4, 0.5) is 0 Å². The summed E-state index contributed by atoms with van der Waals surface area (Å²) in [6.45, 7) is 3.29. The van der Waals surface area contributed by atoms with Gasteiger partial charge in [0.1, 0.15) is 6.61 Å². The molecule has 0 aliphatic rings. The molecule has 6 heteroatoms. The van der Waals surface area contributed by atoms with Crippen molar-refractivity contribution in [1.29, 1.82) is 5.39 Å². The Bertz CT molecular complexity index is 737. The van der Waals surface area contributed by atoms with Crippen LogP contribution in [-0.2, 0) is 22.6 Å². The van der Waals surface area contributed by atoms with Crippen LogP contribution in [0.25, 0.3) is 4.98 Å². The number of hydrogen-bond donors (Lipinski definition) is 1. The molecule has 0 bridgehead atoms. The van der Waals surface area contributed by atoms with E-state index in [1.165, 1.54) is 6.92 Å². The van der Waals surface area contributed by atoms with Crippen LogP contribution in [0, 0.1) is 5.39 Å². The lowest BCUT2D eigenvalue weighted by atomic mass is 10.1. The zero-order chi connectivity index (χ0) is 18.8. The zero-order valence-electron chi connectivity index (χ0n) is 14.7. The number of hydrogen-bond acceptors (Lipinski definition) is 5. The second kappa shape index (κ2) is 9.97. The van der Waals surface area contributed by atoms with E-state index < -0.39 is 11.7 Å². The molecule has 0 radical (unpaired) electrons. The zero-order valence-corrected chi connectivity index (χ0v) is 14.7. The quantitative estimate of drug-likeness (QED) is 0.338. The molecule has 0 aromatic heterocycles. The predicted molar refractivity (Wildman–Crippen MR) is 98.4 cm³/mol. The molecule has 0 fully saturated rings. The second-order valence-electron chi connectivity index (χ2n) is 5.85. The van der Waals surface area contributed by atoms with Crippen LogP contribution < -0.4 is 0 Å². The predicted octanol–water partition coefficient (Wildman–Crippen LogP) is 3.87. The molecule has 2 aromatic rings. The van der Waals surface area contributed by atoms with Crippen molar-refractivity contribution >= 4 is 5.97 Å². The van der Waals surface area contributed by atoms with Crippen molar-refractivity contribution < 1.29 is 14.6 Å². The van der Waals surface area contributed by atoms with Gasteiger partial charge in [-0.25, -0.2) is 4.79 Å². The number of nitrogens with zero attached hydrogens (tertiary/aromatic N) is 3. The minimum Gasteiger partial charge on any atom is -0.505 e. The lowest BCUT2D eigenvalue weighted by molar-refractivity contribution is -0.139. The van der Waals surface area contributed by atoms with Gasteiger partial charge in [0.25, 0.3) is 0 Å². The number of ether oxygens (including phenoxy) is 1. The maximum atomic E-state index is 11.8. The van der Waals surface area contributed by atoms with Gasteiger partial charge < -0.3 is 9.84 Å². The van der Waals surface area contributed by atoms with Gasteiger partial charge in [-0.2, -0.15) is 0 Å². The van der Waals surface area contributed by atoms with Crippen molar-refractivity contribution in [2.45, 2.75) is 20.0 Å². The van der Waals surface area contributed by atoms with Crippen LogP contribution in [0.3, 0.4) is 0 Å². The van der Waals surface area contributed by atoms with Gasteiger partial charge in [0, 0.05) is 26.6 Å². The summed E-state index contributed by atoms with van der Waals surface area (Å²) >= 11 is 0. The number of benzene rings is 2. The molecule has 26 heavy (non-hydrogen) atoms. The van der Waals surface area contributed by atoms with E-state index >= 15 is 0 Å². The van der Waals surface area contributed by atoms with Crippen molar-refractivity contribution in [2.24, 2.45) is 0 Å². The Balaban J connectivity index is 1.99. The van der Waals surface area contributed by atoms with Gasteiger partial charge >= 0.3 is 11.7 Å². The lowest BCUT2D eigenvalue weighted by Gasteiger charge is -2.22. The number of diazo groups is 1. The first kappa shape index (κ1) is 19.2. The summed E-state index contributed by atoms with van der Waals surface area (Å²) in [5.41, 5.74) is 1.83. The molecule has 0 saturated carbocycles. The second-order valence-corrected chi connectivity index (χ2v) is 5.85. The highest BCUT2D eigenvalue weighted by atomic mass is 16.5. The Labute approximate surface area is 153 Å². The molecule has 1 N–H and O–H groups in total. The maximum Gasteiger partial charge on any atom is 0.504 e. The highest BCUT2D eigenvalue weighted by molar-refractivity contribution is 5.90. The van der Waals surface area contributed by atoms with Gasteiger partial charge in [0.15, 0.2) is 10.7 Å². The van der Waals surface area contributed by atoms with E-state index in [0.717, 1.165) is 11.1 Å². The molecule has 0 unspecified atom stereocenters. The third-order valence-electron chi connectivity index (χ3n) is 3.77. The Morgan fingerprint density at radius 2 is 1.54 bits per heavy atom. The summed E-state index contributed by atoms with van der Waals surface area (Å²) in [5, 5.41) is 18.1. The molecule has 2 aromatic carbocycles. The van der Waals surface area contributed by atoms with Crippen LogP contribution in [0.1, 0.15) is 18.1 Å². The van der Waals surface area contributed by atoms with Crippen LogP contribution in [0.15, 0.2) is 72.1 Å². The minimum atomic E-state index is -0.855. The van der Waals surface area contributed by atoms with E-state index in [1.807, 2.05) is 60.7 Å². The molecule has 134 valence electrons. The number of esters is 1. The van der Waals surface area contributed by atoms with Crippen molar-refractivity contribution in [1.82, 2.24) is 4.90 Å². The molecule has 0 amide bonds. The monoisotopic (exact) mass is 352 g/mol. The van der Waals surface area contributed by atoms with E-state index in [1.54, 1.807) is 0 Å². The Morgan fingerprint density at radius 1 is 1.04 bits per heavy atom. The van der Waals surface area contributed by atoms with Crippen molar-refractivity contribution in [3.05, 3.63) is 88.2 Å². The van der Waals surface area contributed by atoms with Gasteiger partial charge in [-0.3, -0.25) is 4.90 Å². The molecule has 0 atom stereocenters.